The van der Waals surface area contributed by atoms with E-state index in [9.17, 15) is 9.59 Å². The second-order valence-corrected chi connectivity index (χ2v) is 5.67. The van der Waals surface area contributed by atoms with Gasteiger partial charge in [0.1, 0.15) is 11.9 Å². The summed E-state index contributed by atoms with van der Waals surface area (Å²) < 4.78 is 10.3. The standard InChI is InChI=1S/C17H20N4O4/c1-12(19-17(23)14-3-2-8-25-14)16(22)20-13-4-5-15(18-11-13)21-6-9-24-10-7-21/h2-5,8,11-12H,6-7,9-10H2,1H3,(H,19,23)(H,20,22). The van der Waals surface area contributed by atoms with Gasteiger partial charge in [0.15, 0.2) is 5.76 Å². The van der Waals surface area contributed by atoms with Crippen LogP contribution in [0, 0.1) is 0 Å². The largest absolute Gasteiger partial charge is 0.459 e. The Balaban J connectivity index is 1.54. The highest BCUT2D eigenvalue weighted by Crippen LogP contribution is 2.15. The number of carbonyl (C=O) groups excluding carboxylic acids is 2. The number of carbonyl (C=O) groups is 2. The fourth-order valence-electron chi connectivity index (χ4n) is 2.43. The molecule has 1 fully saturated rings. The number of amides is 2. The van der Waals surface area contributed by atoms with E-state index in [4.69, 9.17) is 9.15 Å². The maximum atomic E-state index is 12.2. The number of rotatable bonds is 5. The Hall–Kier alpha value is -2.87. The van der Waals surface area contributed by atoms with Crippen LogP contribution in [0.25, 0.3) is 0 Å². The third-order valence-corrected chi connectivity index (χ3v) is 3.84. The highest BCUT2D eigenvalue weighted by atomic mass is 16.5. The Morgan fingerprint density at radius 1 is 1.24 bits per heavy atom. The summed E-state index contributed by atoms with van der Waals surface area (Å²) in [6.45, 7) is 4.58. The number of morpholine rings is 1. The van der Waals surface area contributed by atoms with Gasteiger partial charge in [-0.25, -0.2) is 4.98 Å². The van der Waals surface area contributed by atoms with Gasteiger partial charge < -0.3 is 24.7 Å². The lowest BCUT2D eigenvalue weighted by atomic mass is 10.2. The predicted octanol–water partition coefficient (Wildman–Crippen LogP) is 1.27. The van der Waals surface area contributed by atoms with E-state index < -0.39 is 11.9 Å². The smallest absolute Gasteiger partial charge is 0.287 e. The summed E-state index contributed by atoms with van der Waals surface area (Å²) in [6, 6.07) is 6.08. The molecule has 0 radical (unpaired) electrons. The molecule has 0 aromatic carbocycles. The van der Waals surface area contributed by atoms with Gasteiger partial charge in [0.25, 0.3) is 5.91 Å². The van der Waals surface area contributed by atoms with E-state index in [0.717, 1.165) is 18.9 Å². The van der Waals surface area contributed by atoms with Gasteiger partial charge in [-0.05, 0) is 31.2 Å². The molecule has 25 heavy (non-hydrogen) atoms. The van der Waals surface area contributed by atoms with E-state index >= 15 is 0 Å². The lowest BCUT2D eigenvalue weighted by Crippen LogP contribution is -2.41. The number of nitrogens with zero attached hydrogens (tertiary/aromatic N) is 2. The van der Waals surface area contributed by atoms with E-state index in [1.807, 2.05) is 6.07 Å². The zero-order valence-corrected chi connectivity index (χ0v) is 13.9. The average Bonchev–Trinajstić information content (AvgIpc) is 3.18. The molecule has 1 aliphatic rings. The molecule has 8 heteroatoms. The molecule has 1 atom stereocenters. The zero-order chi connectivity index (χ0) is 17.6. The first kappa shape index (κ1) is 17.0. The lowest BCUT2D eigenvalue weighted by molar-refractivity contribution is -0.117. The molecule has 0 spiro atoms. The summed E-state index contributed by atoms with van der Waals surface area (Å²) in [5, 5.41) is 5.31. The molecule has 1 saturated heterocycles. The minimum atomic E-state index is -0.712. The van der Waals surface area contributed by atoms with Gasteiger partial charge in [-0.2, -0.15) is 0 Å². The third-order valence-electron chi connectivity index (χ3n) is 3.84. The van der Waals surface area contributed by atoms with Gasteiger partial charge in [-0.3, -0.25) is 9.59 Å². The highest BCUT2D eigenvalue weighted by molar-refractivity contribution is 5.99. The van der Waals surface area contributed by atoms with Crippen LogP contribution in [0.4, 0.5) is 11.5 Å². The fraction of sp³-hybridized carbons (Fsp3) is 0.353. The first-order valence-electron chi connectivity index (χ1n) is 8.07. The molecular weight excluding hydrogens is 324 g/mol. The number of ether oxygens (including phenoxy) is 1. The topological polar surface area (TPSA) is 96.7 Å². The minimum Gasteiger partial charge on any atom is -0.459 e. The number of furan rings is 1. The molecule has 3 heterocycles. The van der Waals surface area contributed by atoms with Crippen molar-refractivity contribution in [1.29, 1.82) is 0 Å². The van der Waals surface area contributed by atoms with Crippen LogP contribution in [0.5, 0.6) is 0 Å². The molecule has 0 aliphatic carbocycles. The van der Waals surface area contributed by atoms with Gasteiger partial charge in [0, 0.05) is 13.1 Å². The molecule has 0 saturated carbocycles. The summed E-state index contributed by atoms with van der Waals surface area (Å²) in [7, 11) is 0. The third kappa shape index (κ3) is 4.36. The van der Waals surface area contributed by atoms with E-state index in [0.29, 0.717) is 18.9 Å². The zero-order valence-electron chi connectivity index (χ0n) is 13.9. The Morgan fingerprint density at radius 2 is 2.04 bits per heavy atom. The van der Waals surface area contributed by atoms with Gasteiger partial charge in [0.2, 0.25) is 5.91 Å². The molecule has 0 bridgehead atoms. The number of hydrogen-bond donors (Lipinski definition) is 2. The van der Waals surface area contributed by atoms with Gasteiger partial charge in [-0.1, -0.05) is 0 Å². The SMILES string of the molecule is CC(NC(=O)c1ccco1)C(=O)Nc1ccc(N2CCOCC2)nc1. The van der Waals surface area contributed by atoms with Crippen LogP contribution in [-0.2, 0) is 9.53 Å². The molecule has 132 valence electrons. The lowest BCUT2D eigenvalue weighted by Gasteiger charge is -2.27. The number of nitrogens with one attached hydrogen (secondary N) is 2. The highest BCUT2D eigenvalue weighted by Gasteiger charge is 2.18. The van der Waals surface area contributed by atoms with Gasteiger partial charge >= 0.3 is 0 Å². The Bertz CT molecular complexity index is 709. The van der Waals surface area contributed by atoms with E-state index in [2.05, 4.69) is 20.5 Å². The van der Waals surface area contributed by atoms with E-state index in [1.165, 1.54) is 12.3 Å². The second-order valence-electron chi connectivity index (χ2n) is 5.67. The number of anilines is 2. The van der Waals surface area contributed by atoms with Crippen LogP contribution in [0.2, 0.25) is 0 Å². The van der Waals surface area contributed by atoms with Crippen LogP contribution in [-0.4, -0.2) is 49.1 Å². The van der Waals surface area contributed by atoms with Crippen molar-refractivity contribution < 1.29 is 18.7 Å². The second kappa shape index (κ2) is 7.80. The van der Waals surface area contributed by atoms with Crippen molar-refractivity contribution in [3.8, 4) is 0 Å². The van der Waals surface area contributed by atoms with Gasteiger partial charge in [-0.15, -0.1) is 0 Å². The molecule has 2 aromatic rings. The van der Waals surface area contributed by atoms with Crippen LogP contribution < -0.4 is 15.5 Å². The molecule has 2 amide bonds. The molecule has 2 aromatic heterocycles. The molecule has 2 N–H and O–H groups in total. The Kier molecular flexibility index (Phi) is 5.30. The molecule has 8 nitrogen and oxygen atoms in total. The number of hydrogen-bond acceptors (Lipinski definition) is 6. The van der Waals surface area contributed by atoms with Crippen LogP contribution >= 0.6 is 0 Å². The van der Waals surface area contributed by atoms with Crippen molar-refractivity contribution >= 4 is 23.3 Å². The van der Waals surface area contributed by atoms with Crippen molar-refractivity contribution in [2.24, 2.45) is 0 Å². The van der Waals surface area contributed by atoms with Crippen LogP contribution in [0.15, 0.2) is 41.1 Å². The molecule has 3 rings (SSSR count). The van der Waals surface area contributed by atoms with Crippen LogP contribution in [0.1, 0.15) is 17.5 Å². The van der Waals surface area contributed by atoms with Gasteiger partial charge in [0.05, 0.1) is 31.4 Å². The van der Waals surface area contributed by atoms with Crippen molar-refractivity contribution in [3.05, 3.63) is 42.5 Å². The molecule has 1 aliphatic heterocycles. The van der Waals surface area contributed by atoms with Crippen molar-refractivity contribution in [1.82, 2.24) is 10.3 Å². The fourth-order valence-corrected chi connectivity index (χ4v) is 2.43. The van der Waals surface area contributed by atoms with Crippen LogP contribution in [0.3, 0.4) is 0 Å². The number of aromatic nitrogens is 1. The first-order chi connectivity index (χ1) is 12.1. The summed E-state index contributed by atoms with van der Waals surface area (Å²) >= 11 is 0. The molecular formula is C17H20N4O4. The summed E-state index contributed by atoms with van der Waals surface area (Å²) in [5.41, 5.74) is 0.570. The first-order valence-corrected chi connectivity index (χ1v) is 8.07. The van der Waals surface area contributed by atoms with Crippen molar-refractivity contribution in [3.63, 3.8) is 0 Å². The minimum absolute atomic E-state index is 0.163. The Labute approximate surface area is 145 Å². The van der Waals surface area contributed by atoms with E-state index in [-0.39, 0.29) is 11.7 Å². The molecule has 1 unspecified atom stereocenters. The summed E-state index contributed by atoms with van der Waals surface area (Å²) in [4.78, 5) is 30.6. The van der Waals surface area contributed by atoms with Crippen molar-refractivity contribution in [2.45, 2.75) is 13.0 Å². The maximum absolute atomic E-state index is 12.2. The quantitative estimate of drug-likeness (QED) is 0.848. The normalized spacial score (nSPS) is 15.5. The monoisotopic (exact) mass is 344 g/mol. The Morgan fingerprint density at radius 3 is 2.68 bits per heavy atom. The number of pyridine rings is 1. The summed E-state index contributed by atoms with van der Waals surface area (Å²) in [5.74, 6) is 0.242. The maximum Gasteiger partial charge on any atom is 0.287 e. The summed E-state index contributed by atoms with van der Waals surface area (Å²) in [6.07, 6.45) is 3.01. The van der Waals surface area contributed by atoms with E-state index in [1.54, 1.807) is 25.3 Å². The average molecular weight is 344 g/mol. The van der Waals surface area contributed by atoms with Crippen molar-refractivity contribution in [2.75, 3.05) is 36.5 Å². The predicted molar refractivity (Wildman–Crippen MR) is 91.5 cm³/mol.